The number of benzene rings is 2. The van der Waals surface area contributed by atoms with E-state index < -0.39 is 5.41 Å². The van der Waals surface area contributed by atoms with E-state index >= 15 is 0 Å². The van der Waals surface area contributed by atoms with Gasteiger partial charge in [0.05, 0.1) is 6.07 Å². The van der Waals surface area contributed by atoms with Crippen molar-refractivity contribution >= 4 is 10.9 Å². The molecule has 1 heterocycles. The Hall–Kier alpha value is -2.86. The summed E-state index contributed by atoms with van der Waals surface area (Å²) in [6.07, 6.45) is 1.44. The number of aromatic nitrogens is 1. The summed E-state index contributed by atoms with van der Waals surface area (Å²) in [7, 11) is 0. The third-order valence-corrected chi connectivity index (χ3v) is 4.92. The molecule has 3 nitrogen and oxygen atoms in total. The number of hydrogen-bond acceptors (Lipinski definition) is 2. The van der Waals surface area contributed by atoms with Gasteiger partial charge in [0.2, 0.25) is 0 Å². The molecular formula is C20H16N2O. The van der Waals surface area contributed by atoms with Crippen molar-refractivity contribution in [3.05, 3.63) is 81.1 Å². The van der Waals surface area contributed by atoms with Crippen LogP contribution in [0.3, 0.4) is 0 Å². The van der Waals surface area contributed by atoms with Crippen LogP contribution in [0.1, 0.15) is 29.2 Å². The Balaban J connectivity index is 1.91. The molecular weight excluding hydrogens is 284 g/mol. The highest BCUT2D eigenvalue weighted by Gasteiger charge is 2.44. The summed E-state index contributed by atoms with van der Waals surface area (Å²) >= 11 is 0. The second kappa shape index (κ2) is 4.82. The molecule has 0 spiro atoms. The van der Waals surface area contributed by atoms with E-state index in [0.717, 1.165) is 34.0 Å². The number of aryl methyl sites for hydroxylation is 1. The molecule has 0 saturated carbocycles. The SMILES string of the molecule is CCc1cc2ccc([C@@]3(C#N)Cc4ccccc43)cc2[nH]c1=O. The summed E-state index contributed by atoms with van der Waals surface area (Å²) in [4.78, 5) is 15.0. The molecule has 1 aromatic heterocycles. The third kappa shape index (κ3) is 1.85. The predicted octanol–water partition coefficient (Wildman–Crippen LogP) is 3.46. The van der Waals surface area contributed by atoms with Gasteiger partial charge in [0.25, 0.3) is 5.56 Å². The van der Waals surface area contributed by atoms with Gasteiger partial charge in [0.1, 0.15) is 5.41 Å². The molecule has 0 amide bonds. The first-order valence-electron chi connectivity index (χ1n) is 7.84. The zero-order valence-electron chi connectivity index (χ0n) is 12.9. The van der Waals surface area contributed by atoms with Crippen molar-refractivity contribution in [2.45, 2.75) is 25.2 Å². The molecule has 0 unspecified atom stereocenters. The van der Waals surface area contributed by atoms with Gasteiger partial charge in [-0.05, 0) is 47.1 Å². The Kier molecular flexibility index (Phi) is 2.89. The van der Waals surface area contributed by atoms with Gasteiger partial charge >= 0.3 is 0 Å². The highest BCUT2D eigenvalue weighted by atomic mass is 16.1. The smallest absolute Gasteiger partial charge is 0.251 e. The molecule has 112 valence electrons. The minimum atomic E-state index is -0.592. The number of aromatic amines is 1. The molecule has 23 heavy (non-hydrogen) atoms. The van der Waals surface area contributed by atoms with Gasteiger partial charge in [-0.1, -0.05) is 43.3 Å². The average molecular weight is 300 g/mol. The van der Waals surface area contributed by atoms with Crippen LogP contribution in [0.25, 0.3) is 10.9 Å². The Morgan fingerprint density at radius 2 is 2.04 bits per heavy atom. The Bertz CT molecular complexity index is 1030. The highest BCUT2D eigenvalue weighted by Crippen LogP contribution is 2.46. The lowest BCUT2D eigenvalue weighted by Crippen LogP contribution is -2.38. The van der Waals surface area contributed by atoms with Crippen LogP contribution in [-0.4, -0.2) is 4.98 Å². The first-order chi connectivity index (χ1) is 11.2. The minimum Gasteiger partial charge on any atom is -0.322 e. The van der Waals surface area contributed by atoms with E-state index in [2.05, 4.69) is 17.1 Å². The molecule has 1 aliphatic carbocycles. The molecule has 1 atom stereocenters. The standard InChI is InChI=1S/C20H16N2O/c1-2-13-9-14-7-8-16(10-18(14)22-19(13)23)20(12-21)11-15-5-3-4-6-17(15)20/h3-10H,2,11H2,1H3,(H,22,23)/t20-/m0/s1. The monoisotopic (exact) mass is 300 g/mol. The lowest BCUT2D eigenvalue weighted by molar-refractivity contribution is 0.573. The van der Waals surface area contributed by atoms with Crippen LogP contribution < -0.4 is 5.56 Å². The van der Waals surface area contributed by atoms with Crippen molar-refractivity contribution in [3.63, 3.8) is 0 Å². The van der Waals surface area contributed by atoms with Crippen molar-refractivity contribution in [3.8, 4) is 6.07 Å². The van der Waals surface area contributed by atoms with Crippen LogP contribution in [-0.2, 0) is 18.3 Å². The number of rotatable bonds is 2. The molecule has 3 heteroatoms. The molecule has 0 saturated heterocycles. The zero-order chi connectivity index (χ0) is 16.0. The van der Waals surface area contributed by atoms with E-state index in [1.807, 2.05) is 49.4 Å². The number of hydrogen-bond donors (Lipinski definition) is 1. The lowest BCUT2D eigenvalue weighted by atomic mass is 9.61. The predicted molar refractivity (Wildman–Crippen MR) is 90.5 cm³/mol. The lowest BCUT2D eigenvalue weighted by Gasteiger charge is -2.38. The second-order valence-electron chi connectivity index (χ2n) is 6.13. The topological polar surface area (TPSA) is 56.6 Å². The molecule has 1 aliphatic rings. The molecule has 0 bridgehead atoms. The highest BCUT2D eigenvalue weighted by molar-refractivity contribution is 5.81. The van der Waals surface area contributed by atoms with Crippen LogP contribution in [0.4, 0.5) is 0 Å². The number of H-pyrrole nitrogens is 1. The molecule has 0 radical (unpaired) electrons. The van der Waals surface area contributed by atoms with Crippen LogP contribution in [0.2, 0.25) is 0 Å². The normalized spacial score (nSPS) is 19.0. The largest absolute Gasteiger partial charge is 0.322 e. The third-order valence-electron chi connectivity index (χ3n) is 4.92. The number of nitrogens with zero attached hydrogens (tertiary/aromatic N) is 1. The van der Waals surface area contributed by atoms with Crippen LogP contribution in [0.15, 0.2) is 53.3 Å². The molecule has 2 aromatic carbocycles. The maximum absolute atomic E-state index is 12.1. The van der Waals surface area contributed by atoms with Gasteiger partial charge in [-0.25, -0.2) is 0 Å². The van der Waals surface area contributed by atoms with Crippen molar-refractivity contribution in [2.75, 3.05) is 0 Å². The minimum absolute atomic E-state index is 0.0443. The van der Waals surface area contributed by atoms with Crippen molar-refractivity contribution in [1.29, 1.82) is 5.26 Å². The number of fused-ring (bicyclic) bond motifs is 2. The van der Waals surface area contributed by atoms with Gasteiger partial charge in [0, 0.05) is 11.1 Å². The summed E-state index contributed by atoms with van der Waals surface area (Å²) in [5, 5.41) is 10.8. The molecule has 0 fully saturated rings. The van der Waals surface area contributed by atoms with E-state index in [1.165, 1.54) is 5.56 Å². The Morgan fingerprint density at radius 1 is 1.22 bits per heavy atom. The molecule has 0 aliphatic heterocycles. The maximum Gasteiger partial charge on any atom is 0.251 e. The number of pyridine rings is 1. The number of nitrogens with one attached hydrogen (secondary N) is 1. The van der Waals surface area contributed by atoms with Crippen molar-refractivity contribution < 1.29 is 0 Å². The summed E-state index contributed by atoms with van der Waals surface area (Å²) in [6.45, 7) is 1.97. The maximum atomic E-state index is 12.1. The molecule has 1 N–H and O–H groups in total. The van der Waals surface area contributed by atoms with Crippen molar-refractivity contribution in [2.24, 2.45) is 0 Å². The number of nitriles is 1. The molecule has 3 aromatic rings. The van der Waals surface area contributed by atoms with Gasteiger partial charge in [0.15, 0.2) is 0 Å². The van der Waals surface area contributed by atoms with Gasteiger partial charge in [-0.3, -0.25) is 4.79 Å². The average Bonchev–Trinajstić information content (AvgIpc) is 2.56. The van der Waals surface area contributed by atoms with Gasteiger partial charge in [-0.15, -0.1) is 0 Å². The van der Waals surface area contributed by atoms with Crippen LogP contribution in [0, 0.1) is 11.3 Å². The van der Waals surface area contributed by atoms with E-state index in [-0.39, 0.29) is 5.56 Å². The first-order valence-corrected chi connectivity index (χ1v) is 7.84. The first kappa shape index (κ1) is 13.8. The zero-order valence-corrected chi connectivity index (χ0v) is 12.9. The van der Waals surface area contributed by atoms with Crippen LogP contribution in [0.5, 0.6) is 0 Å². The second-order valence-corrected chi connectivity index (χ2v) is 6.13. The summed E-state index contributed by atoms with van der Waals surface area (Å²) in [6, 6.07) is 18.5. The van der Waals surface area contributed by atoms with Crippen LogP contribution >= 0.6 is 0 Å². The Morgan fingerprint density at radius 3 is 2.78 bits per heavy atom. The van der Waals surface area contributed by atoms with Crippen molar-refractivity contribution in [1.82, 2.24) is 4.98 Å². The van der Waals surface area contributed by atoms with E-state index in [0.29, 0.717) is 6.42 Å². The summed E-state index contributed by atoms with van der Waals surface area (Å²) < 4.78 is 0. The quantitative estimate of drug-likeness (QED) is 0.788. The summed E-state index contributed by atoms with van der Waals surface area (Å²) in [5.74, 6) is 0. The Labute approximate surface area is 134 Å². The fourth-order valence-corrected chi connectivity index (χ4v) is 3.56. The summed E-state index contributed by atoms with van der Waals surface area (Å²) in [5.41, 5.74) is 4.20. The van der Waals surface area contributed by atoms with E-state index in [4.69, 9.17) is 0 Å². The molecule has 4 rings (SSSR count). The fourth-order valence-electron chi connectivity index (χ4n) is 3.56. The fraction of sp³-hybridized carbons (Fsp3) is 0.200. The van der Waals surface area contributed by atoms with Gasteiger partial charge < -0.3 is 4.98 Å². The van der Waals surface area contributed by atoms with E-state index in [1.54, 1.807) is 0 Å². The van der Waals surface area contributed by atoms with Gasteiger partial charge in [-0.2, -0.15) is 5.26 Å². The van der Waals surface area contributed by atoms with E-state index in [9.17, 15) is 10.1 Å².